The zero-order valence-electron chi connectivity index (χ0n) is 5.66. The van der Waals surface area contributed by atoms with Crippen LogP contribution in [-0.4, -0.2) is 23.5 Å². The Balaban J connectivity index is -0.0000000383. The maximum Gasteiger partial charge on any atom is 2.00 e. The third kappa shape index (κ3) is 18400. The van der Waals surface area contributed by atoms with Gasteiger partial charge in [0, 0.05) is 16.4 Å². The molecular weight excluding hydrogens is 230 g/mol. The van der Waals surface area contributed by atoms with Crippen LogP contribution in [0.5, 0.6) is 0 Å². The Morgan fingerprint density at radius 1 is 1.27 bits per heavy atom. The van der Waals surface area contributed by atoms with Gasteiger partial charge in [-0.1, -0.05) is 0 Å². The summed E-state index contributed by atoms with van der Waals surface area (Å²) in [5, 5.41) is 8.89. The smallest absolute Gasteiger partial charge is 0.759 e. The molecule has 0 amide bonds. The molecule has 0 fully saturated rings. The van der Waals surface area contributed by atoms with E-state index < -0.39 is 16.4 Å². The molecule has 0 saturated carbocycles. The molecule has 0 aromatic heterocycles. The van der Waals surface area contributed by atoms with Gasteiger partial charge < -0.3 is 25.2 Å². The van der Waals surface area contributed by atoms with Crippen molar-refractivity contribution in [1.82, 2.24) is 6.15 Å². The van der Waals surface area contributed by atoms with E-state index in [9.17, 15) is 0 Å². The second-order valence-corrected chi connectivity index (χ2v) is 1.72. The van der Waals surface area contributed by atoms with Crippen molar-refractivity contribution >= 4 is 16.4 Å². The van der Waals surface area contributed by atoms with Crippen molar-refractivity contribution < 1.29 is 44.5 Å². The molecule has 0 aliphatic heterocycles. The van der Waals surface area contributed by atoms with Crippen LogP contribution >= 0.6 is 0 Å². The molecule has 0 bridgehead atoms. The van der Waals surface area contributed by atoms with Crippen LogP contribution in [0.2, 0.25) is 0 Å². The van der Waals surface area contributed by atoms with Crippen molar-refractivity contribution in [2.24, 2.45) is 0 Å². The molecule has 0 unspecified atom stereocenters. The van der Waals surface area contributed by atoms with E-state index in [1.807, 2.05) is 0 Å². The van der Waals surface area contributed by atoms with Gasteiger partial charge in [0.15, 0.2) is 0 Å². The average molecular weight is 237 g/mol. The fraction of sp³-hybridized carbons (Fsp3) is 0.500. The van der Waals surface area contributed by atoms with Crippen LogP contribution in [0.25, 0.3) is 0 Å². The maximum atomic E-state index is 8.89. The van der Waals surface area contributed by atoms with Crippen molar-refractivity contribution in [3.8, 4) is 0 Å². The summed E-state index contributed by atoms with van der Waals surface area (Å²) in [4.78, 5) is 8.89. The molecule has 0 heterocycles. The number of quaternary nitrogens is 1. The van der Waals surface area contributed by atoms with Crippen molar-refractivity contribution in [2.75, 3.05) is 0 Å². The third-order valence-corrected chi connectivity index (χ3v) is 0. The number of carbonyl (C=O) groups excluding carboxylic acids is 1. The van der Waals surface area contributed by atoms with Crippen molar-refractivity contribution in [1.29, 1.82) is 0 Å². The standard InChI is InChI=1S/C2H4O2.Cu.H3N.H2O4S/c1-2(3)4;;;1-5(2,3)4/h1H3,(H,3,4);;1H3;(H2,1,2,3,4)/q;+2;;/p-2. The fourth-order valence-electron chi connectivity index (χ4n) is 0. The van der Waals surface area contributed by atoms with E-state index in [4.69, 9.17) is 27.4 Å². The molecule has 11 heavy (non-hydrogen) atoms. The number of carboxylic acids is 1. The Morgan fingerprint density at radius 2 is 1.27 bits per heavy atom. The van der Waals surface area contributed by atoms with Gasteiger partial charge in [-0.25, -0.2) is 0 Å². The fourth-order valence-corrected chi connectivity index (χ4v) is 0. The van der Waals surface area contributed by atoms with Gasteiger partial charge >= 0.3 is 17.1 Å². The normalized spacial score (nSPS) is 7.55. The van der Waals surface area contributed by atoms with Crippen molar-refractivity contribution in [2.45, 2.75) is 6.92 Å². The molecule has 0 aliphatic carbocycles. The summed E-state index contributed by atoms with van der Waals surface area (Å²) in [5.74, 6) is -1.08. The Kier molecular flexibility index (Phi) is 20.0. The summed E-state index contributed by atoms with van der Waals surface area (Å²) in [7, 11) is -5.17. The monoisotopic (exact) mass is 236 g/mol. The van der Waals surface area contributed by atoms with Gasteiger partial charge in [-0.05, 0) is 6.92 Å². The van der Waals surface area contributed by atoms with Gasteiger partial charge in [0.1, 0.15) is 0 Å². The summed E-state index contributed by atoms with van der Waals surface area (Å²) >= 11 is 0. The Labute approximate surface area is 74.4 Å². The SMILES string of the molecule is CC(=O)[O-].O=S(=O)([O-])[O-].[Cu+2].[NH4+]. The van der Waals surface area contributed by atoms with E-state index in [2.05, 4.69) is 0 Å². The Bertz CT molecular complexity index is 163. The van der Waals surface area contributed by atoms with Gasteiger partial charge in [0.25, 0.3) is 0 Å². The zero-order chi connectivity index (χ0) is 8.08. The molecule has 73 valence electrons. The number of hydrogen-bond donors (Lipinski definition) is 1. The van der Waals surface area contributed by atoms with Crippen LogP contribution < -0.4 is 11.3 Å². The van der Waals surface area contributed by atoms with Crippen LogP contribution in [0.3, 0.4) is 0 Å². The molecule has 7 nitrogen and oxygen atoms in total. The maximum absolute atomic E-state index is 8.89. The van der Waals surface area contributed by atoms with Crippen LogP contribution in [0.15, 0.2) is 0 Å². The first-order valence-electron chi connectivity index (χ1n) is 1.57. The van der Waals surface area contributed by atoms with Crippen molar-refractivity contribution in [3.63, 3.8) is 0 Å². The summed E-state index contributed by atoms with van der Waals surface area (Å²) < 4.78 is 34.1. The second kappa shape index (κ2) is 9.82. The number of hydrogen-bond acceptors (Lipinski definition) is 6. The van der Waals surface area contributed by atoms with E-state index in [1.165, 1.54) is 0 Å². The second-order valence-electron chi connectivity index (χ2n) is 0.900. The minimum atomic E-state index is -5.17. The summed E-state index contributed by atoms with van der Waals surface area (Å²) in [5.41, 5.74) is 0. The van der Waals surface area contributed by atoms with E-state index in [-0.39, 0.29) is 23.2 Å². The van der Waals surface area contributed by atoms with E-state index in [1.54, 1.807) is 0 Å². The number of aliphatic carboxylic acids is 1. The summed E-state index contributed by atoms with van der Waals surface area (Å²) in [6, 6.07) is 0. The molecular formula is C2H7CuNO6S. The molecule has 4 N–H and O–H groups in total. The minimum absolute atomic E-state index is 0. The van der Waals surface area contributed by atoms with Gasteiger partial charge in [0.05, 0.1) is 0 Å². The molecule has 0 aromatic carbocycles. The summed E-state index contributed by atoms with van der Waals surface area (Å²) in [6.45, 7) is 0.972. The first kappa shape index (κ1) is 22.4. The number of carbonyl (C=O) groups is 1. The Hall–Kier alpha value is -0.181. The minimum Gasteiger partial charge on any atom is -0.759 e. The van der Waals surface area contributed by atoms with Gasteiger partial charge in [-0.3, -0.25) is 8.42 Å². The van der Waals surface area contributed by atoms with Crippen LogP contribution in [0.1, 0.15) is 6.92 Å². The van der Waals surface area contributed by atoms with Gasteiger partial charge in [-0.2, -0.15) is 0 Å². The molecule has 0 spiro atoms. The summed E-state index contributed by atoms with van der Waals surface area (Å²) in [6.07, 6.45) is 0. The first-order valence-corrected chi connectivity index (χ1v) is 2.91. The van der Waals surface area contributed by atoms with Crippen molar-refractivity contribution in [3.05, 3.63) is 0 Å². The molecule has 0 aromatic rings. The predicted octanol–water partition coefficient (Wildman–Crippen LogP) is -2.21. The molecule has 1 radical (unpaired) electrons. The molecule has 0 aliphatic rings. The third-order valence-electron chi connectivity index (χ3n) is 0. The quantitative estimate of drug-likeness (QED) is 0.285. The van der Waals surface area contributed by atoms with Crippen LogP contribution in [-0.2, 0) is 32.3 Å². The number of carboxylic acid groups (broad SMARTS) is 1. The predicted molar refractivity (Wildman–Crippen MR) is 27.1 cm³/mol. The van der Waals surface area contributed by atoms with E-state index in [0.717, 1.165) is 6.92 Å². The largest absolute Gasteiger partial charge is 2.00 e. The zero-order valence-corrected chi connectivity index (χ0v) is 7.42. The van der Waals surface area contributed by atoms with Crippen LogP contribution in [0, 0.1) is 0 Å². The molecule has 0 saturated heterocycles. The first-order chi connectivity index (χ1) is 3.73. The van der Waals surface area contributed by atoms with E-state index in [0.29, 0.717) is 0 Å². The average Bonchev–Trinajstić information content (AvgIpc) is 1.19. The van der Waals surface area contributed by atoms with E-state index >= 15 is 0 Å². The molecule has 9 heteroatoms. The Morgan fingerprint density at radius 3 is 1.27 bits per heavy atom. The number of rotatable bonds is 0. The molecule has 0 atom stereocenters. The van der Waals surface area contributed by atoms with Crippen LogP contribution in [0.4, 0.5) is 0 Å². The topological polar surface area (TPSA) is 157 Å². The molecule has 0 rings (SSSR count). The van der Waals surface area contributed by atoms with Gasteiger partial charge in [0.2, 0.25) is 0 Å². The van der Waals surface area contributed by atoms with Gasteiger partial charge in [-0.15, -0.1) is 0 Å².